The highest BCUT2D eigenvalue weighted by Gasteiger charge is 2.48. The fraction of sp³-hybridized carbons (Fsp3) is 0.391. The second kappa shape index (κ2) is 7.30. The first-order chi connectivity index (χ1) is 13.1. The van der Waals surface area contributed by atoms with E-state index in [9.17, 15) is 9.59 Å². The molecule has 148 valence electrons. The molecule has 28 heavy (non-hydrogen) atoms. The molecule has 1 heterocycles. The Labute approximate surface area is 166 Å². The van der Waals surface area contributed by atoms with Gasteiger partial charge in [0.25, 0.3) is 5.91 Å². The number of carbonyl (C=O) groups excluding carboxylic acids is 2. The summed E-state index contributed by atoms with van der Waals surface area (Å²) < 4.78 is 5.70. The van der Waals surface area contributed by atoms with Crippen LogP contribution in [0.3, 0.4) is 0 Å². The Morgan fingerprint density at radius 2 is 1.75 bits per heavy atom. The largest absolute Gasteiger partial charge is 0.492 e. The smallest absolute Gasteiger partial charge is 0.325 e. The molecule has 0 saturated carbocycles. The number of carbonyl (C=O) groups is 2. The van der Waals surface area contributed by atoms with Crippen molar-refractivity contribution in [3.8, 4) is 5.75 Å². The third-order valence-electron chi connectivity index (χ3n) is 5.18. The van der Waals surface area contributed by atoms with Crippen LogP contribution < -0.4 is 10.1 Å². The molecule has 0 spiro atoms. The van der Waals surface area contributed by atoms with Gasteiger partial charge in [0.15, 0.2) is 0 Å². The number of amides is 3. The third-order valence-corrected chi connectivity index (χ3v) is 5.18. The molecular weight excluding hydrogens is 352 g/mol. The fourth-order valence-corrected chi connectivity index (χ4v) is 3.36. The molecule has 0 aliphatic carbocycles. The van der Waals surface area contributed by atoms with Crippen LogP contribution in [0.1, 0.15) is 44.4 Å². The zero-order valence-corrected chi connectivity index (χ0v) is 17.2. The van der Waals surface area contributed by atoms with Gasteiger partial charge in [-0.3, -0.25) is 9.69 Å². The summed E-state index contributed by atoms with van der Waals surface area (Å²) in [6.45, 7) is 10.6. The van der Waals surface area contributed by atoms with Crippen LogP contribution in [0, 0.1) is 6.92 Å². The summed E-state index contributed by atoms with van der Waals surface area (Å²) in [5.74, 6) is 0.474. The number of rotatable bonds is 5. The molecule has 1 aliphatic heterocycles. The van der Waals surface area contributed by atoms with Crippen LogP contribution in [0.15, 0.2) is 48.5 Å². The van der Waals surface area contributed by atoms with E-state index in [0.29, 0.717) is 0 Å². The summed E-state index contributed by atoms with van der Waals surface area (Å²) in [4.78, 5) is 26.7. The molecule has 1 atom stereocenters. The zero-order valence-electron chi connectivity index (χ0n) is 17.2. The summed E-state index contributed by atoms with van der Waals surface area (Å²) in [7, 11) is 0. The van der Waals surface area contributed by atoms with Crippen molar-refractivity contribution in [2.75, 3.05) is 13.2 Å². The minimum absolute atomic E-state index is 0.0293. The van der Waals surface area contributed by atoms with Crippen molar-refractivity contribution >= 4 is 11.9 Å². The average Bonchev–Trinajstić information content (AvgIpc) is 2.85. The molecule has 1 saturated heterocycles. The predicted molar refractivity (Wildman–Crippen MR) is 109 cm³/mol. The standard InChI is InChI=1S/C23H28N2O3/c1-16-7-6-8-19(15-16)28-14-13-25-20(26)23(5,24-21(25)27)18-11-9-17(10-12-18)22(2,3)4/h6-12,15H,13-14H2,1-5H3,(H,24,27). The first kappa shape index (κ1) is 19.9. The van der Waals surface area contributed by atoms with E-state index in [4.69, 9.17) is 4.74 Å². The van der Waals surface area contributed by atoms with E-state index in [1.807, 2.05) is 55.5 Å². The summed E-state index contributed by atoms with van der Waals surface area (Å²) in [6, 6.07) is 15.2. The van der Waals surface area contributed by atoms with Gasteiger partial charge in [-0.1, -0.05) is 57.2 Å². The summed E-state index contributed by atoms with van der Waals surface area (Å²) in [5.41, 5.74) is 2.03. The molecule has 3 rings (SSSR count). The Hall–Kier alpha value is -2.82. The first-order valence-electron chi connectivity index (χ1n) is 9.56. The number of hydrogen-bond acceptors (Lipinski definition) is 3. The van der Waals surface area contributed by atoms with Gasteiger partial charge in [-0.15, -0.1) is 0 Å². The van der Waals surface area contributed by atoms with Crippen LogP contribution in [-0.4, -0.2) is 30.0 Å². The van der Waals surface area contributed by atoms with Gasteiger partial charge in [-0.05, 0) is 48.1 Å². The van der Waals surface area contributed by atoms with Crippen molar-refractivity contribution in [3.05, 3.63) is 65.2 Å². The van der Waals surface area contributed by atoms with E-state index in [1.54, 1.807) is 6.92 Å². The summed E-state index contributed by atoms with van der Waals surface area (Å²) >= 11 is 0. The van der Waals surface area contributed by atoms with E-state index in [-0.39, 0.29) is 30.5 Å². The fourth-order valence-electron chi connectivity index (χ4n) is 3.36. The number of benzene rings is 2. The van der Waals surface area contributed by atoms with Crippen LogP contribution in [0.4, 0.5) is 4.79 Å². The highest BCUT2D eigenvalue weighted by molar-refractivity contribution is 6.07. The van der Waals surface area contributed by atoms with E-state index >= 15 is 0 Å². The Morgan fingerprint density at radius 1 is 1.07 bits per heavy atom. The lowest BCUT2D eigenvalue weighted by Crippen LogP contribution is -2.41. The number of nitrogens with one attached hydrogen (secondary N) is 1. The van der Waals surface area contributed by atoms with Crippen LogP contribution in [-0.2, 0) is 15.7 Å². The zero-order chi connectivity index (χ0) is 20.5. The molecule has 5 nitrogen and oxygen atoms in total. The summed E-state index contributed by atoms with van der Waals surface area (Å²) in [5, 5.41) is 2.84. The molecule has 2 aromatic carbocycles. The molecule has 2 aromatic rings. The SMILES string of the molecule is Cc1cccc(OCCN2C(=O)NC(C)(c3ccc(C(C)(C)C)cc3)C2=O)c1. The number of ether oxygens (including phenoxy) is 1. The monoisotopic (exact) mass is 380 g/mol. The minimum atomic E-state index is -1.06. The van der Waals surface area contributed by atoms with Crippen molar-refractivity contribution < 1.29 is 14.3 Å². The Balaban J connectivity index is 1.69. The molecule has 3 amide bonds. The lowest BCUT2D eigenvalue weighted by Gasteiger charge is -2.24. The van der Waals surface area contributed by atoms with Crippen LogP contribution in [0.25, 0.3) is 0 Å². The Bertz CT molecular complexity index is 883. The molecule has 1 aliphatic rings. The molecule has 0 aromatic heterocycles. The quantitative estimate of drug-likeness (QED) is 0.793. The average molecular weight is 380 g/mol. The third kappa shape index (κ3) is 3.88. The number of urea groups is 1. The predicted octanol–water partition coefficient (Wildman–Crippen LogP) is 4.14. The Kier molecular flexibility index (Phi) is 5.20. The lowest BCUT2D eigenvalue weighted by molar-refractivity contribution is -0.131. The van der Waals surface area contributed by atoms with Crippen molar-refractivity contribution in [1.82, 2.24) is 10.2 Å². The number of hydrogen-bond donors (Lipinski definition) is 1. The van der Waals surface area contributed by atoms with Crippen LogP contribution in [0.5, 0.6) is 5.75 Å². The van der Waals surface area contributed by atoms with Gasteiger partial charge in [0, 0.05) is 0 Å². The molecular formula is C23H28N2O3. The normalized spacial score (nSPS) is 19.7. The van der Waals surface area contributed by atoms with Gasteiger partial charge >= 0.3 is 6.03 Å². The van der Waals surface area contributed by atoms with Gasteiger partial charge in [-0.25, -0.2) is 4.79 Å². The number of nitrogens with zero attached hydrogens (tertiary/aromatic N) is 1. The van der Waals surface area contributed by atoms with Crippen LogP contribution >= 0.6 is 0 Å². The van der Waals surface area contributed by atoms with Crippen molar-refractivity contribution in [1.29, 1.82) is 0 Å². The molecule has 1 unspecified atom stereocenters. The molecule has 1 fully saturated rings. The first-order valence-corrected chi connectivity index (χ1v) is 9.56. The van der Waals surface area contributed by atoms with Gasteiger partial charge in [0.1, 0.15) is 17.9 Å². The second-order valence-corrected chi connectivity index (χ2v) is 8.50. The maximum Gasteiger partial charge on any atom is 0.325 e. The molecule has 1 N–H and O–H groups in total. The van der Waals surface area contributed by atoms with Crippen LogP contribution in [0.2, 0.25) is 0 Å². The van der Waals surface area contributed by atoms with Crippen molar-refractivity contribution in [2.45, 2.75) is 45.6 Å². The molecule has 0 radical (unpaired) electrons. The maximum absolute atomic E-state index is 13.0. The molecule has 0 bridgehead atoms. The van der Waals surface area contributed by atoms with E-state index in [0.717, 1.165) is 16.9 Å². The topological polar surface area (TPSA) is 58.6 Å². The lowest BCUT2D eigenvalue weighted by atomic mass is 9.84. The van der Waals surface area contributed by atoms with E-state index < -0.39 is 5.54 Å². The summed E-state index contributed by atoms with van der Waals surface area (Å²) in [6.07, 6.45) is 0. The number of imide groups is 1. The van der Waals surface area contributed by atoms with E-state index in [2.05, 4.69) is 26.1 Å². The molecule has 5 heteroatoms. The van der Waals surface area contributed by atoms with E-state index in [1.165, 1.54) is 10.5 Å². The van der Waals surface area contributed by atoms with Gasteiger partial charge in [0.05, 0.1) is 6.54 Å². The highest BCUT2D eigenvalue weighted by atomic mass is 16.5. The maximum atomic E-state index is 13.0. The highest BCUT2D eigenvalue weighted by Crippen LogP contribution is 2.31. The number of aryl methyl sites for hydroxylation is 1. The second-order valence-electron chi connectivity index (χ2n) is 8.50. The van der Waals surface area contributed by atoms with Crippen molar-refractivity contribution in [2.24, 2.45) is 0 Å². The van der Waals surface area contributed by atoms with Gasteiger partial charge < -0.3 is 10.1 Å². The van der Waals surface area contributed by atoms with Gasteiger partial charge in [-0.2, -0.15) is 0 Å². The van der Waals surface area contributed by atoms with Crippen molar-refractivity contribution in [3.63, 3.8) is 0 Å². The van der Waals surface area contributed by atoms with Gasteiger partial charge in [0.2, 0.25) is 0 Å². The Morgan fingerprint density at radius 3 is 2.36 bits per heavy atom. The minimum Gasteiger partial charge on any atom is -0.492 e.